The Hall–Kier alpha value is -0.380. The maximum atomic E-state index is 6.00. The highest BCUT2D eigenvalue weighted by molar-refractivity contribution is 7.09. The molecular weight excluding hydrogens is 242 g/mol. The van der Waals surface area contributed by atoms with Crippen LogP contribution in [0.5, 0.6) is 0 Å². The van der Waals surface area contributed by atoms with Crippen molar-refractivity contribution in [3.8, 4) is 0 Å². The van der Waals surface area contributed by atoms with Crippen LogP contribution in [0.25, 0.3) is 0 Å². The van der Waals surface area contributed by atoms with Gasteiger partial charge in [0.1, 0.15) is 0 Å². The zero-order chi connectivity index (χ0) is 13.4. The summed E-state index contributed by atoms with van der Waals surface area (Å²) in [7, 11) is 0. The van der Waals surface area contributed by atoms with E-state index in [4.69, 9.17) is 4.74 Å². The van der Waals surface area contributed by atoms with Gasteiger partial charge in [-0.3, -0.25) is 0 Å². The Bertz CT molecular complexity index is 312. The number of likely N-dealkylation sites (N-methyl/N-ethyl adjacent to an activating group) is 1. The number of ether oxygens (including phenoxy) is 1. The van der Waals surface area contributed by atoms with Gasteiger partial charge in [0.25, 0.3) is 0 Å². The highest BCUT2D eigenvalue weighted by atomic mass is 32.1. The lowest BCUT2D eigenvalue weighted by Crippen LogP contribution is -2.50. The average molecular weight is 269 g/mol. The predicted octanol–water partition coefficient (Wildman–Crippen LogP) is 3.86. The minimum absolute atomic E-state index is 0.0536. The van der Waals surface area contributed by atoms with Gasteiger partial charge in [0.15, 0.2) is 0 Å². The summed E-state index contributed by atoms with van der Waals surface area (Å²) in [6.07, 6.45) is 3.32. The van der Waals surface area contributed by atoms with Crippen LogP contribution >= 0.6 is 11.3 Å². The van der Waals surface area contributed by atoms with Crippen LogP contribution in [-0.2, 0) is 11.2 Å². The molecule has 1 aromatic heterocycles. The SMILES string of the molecule is CCNC(CCc1cccs1)C(C)(CC)OCC. The molecule has 1 aromatic rings. The van der Waals surface area contributed by atoms with Gasteiger partial charge in [-0.2, -0.15) is 0 Å². The molecule has 0 aliphatic carbocycles. The minimum Gasteiger partial charge on any atom is -0.374 e. The Morgan fingerprint density at radius 3 is 2.67 bits per heavy atom. The first-order valence-electron chi connectivity index (χ1n) is 7.06. The summed E-state index contributed by atoms with van der Waals surface area (Å²) in [6.45, 7) is 10.5. The first kappa shape index (κ1) is 15.7. The average Bonchev–Trinajstić information content (AvgIpc) is 2.87. The standard InChI is InChI=1S/C15H27NOS/c1-5-15(4,17-7-3)14(16-6-2)11-10-13-9-8-12-18-13/h8-9,12,14,16H,5-7,10-11H2,1-4H3. The lowest BCUT2D eigenvalue weighted by atomic mass is 9.89. The van der Waals surface area contributed by atoms with E-state index in [1.807, 2.05) is 11.3 Å². The number of rotatable bonds is 9. The van der Waals surface area contributed by atoms with Crippen molar-refractivity contribution in [3.05, 3.63) is 22.4 Å². The lowest BCUT2D eigenvalue weighted by Gasteiger charge is -2.37. The molecular formula is C15H27NOS. The van der Waals surface area contributed by atoms with Crippen molar-refractivity contribution in [1.82, 2.24) is 5.32 Å². The molecule has 1 N–H and O–H groups in total. The van der Waals surface area contributed by atoms with E-state index < -0.39 is 0 Å². The van der Waals surface area contributed by atoms with Crippen molar-refractivity contribution in [2.75, 3.05) is 13.2 Å². The van der Waals surface area contributed by atoms with Gasteiger partial charge in [0, 0.05) is 17.5 Å². The fraction of sp³-hybridized carbons (Fsp3) is 0.733. The third-order valence-corrected chi connectivity index (χ3v) is 4.56. The second-order valence-electron chi connectivity index (χ2n) is 4.83. The van der Waals surface area contributed by atoms with Crippen molar-refractivity contribution in [1.29, 1.82) is 0 Å². The molecule has 0 bridgehead atoms. The Labute approximate surface area is 116 Å². The third-order valence-electron chi connectivity index (χ3n) is 3.62. The molecule has 0 amide bonds. The molecule has 1 rings (SSSR count). The van der Waals surface area contributed by atoms with Crippen molar-refractivity contribution < 1.29 is 4.74 Å². The van der Waals surface area contributed by atoms with Crippen molar-refractivity contribution in [3.63, 3.8) is 0 Å². The zero-order valence-electron chi connectivity index (χ0n) is 12.2. The lowest BCUT2D eigenvalue weighted by molar-refractivity contribution is -0.0565. The van der Waals surface area contributed by atoms with Gasteiger partial charge < -0.3 is 10.1 Å². The highest BCUT2D eigenvalue weighted by Gasteiger charge is 2.32. The van der Waals surface area contributed by atoms with Crippen LogP contribution in [0, 0.1) is 0 Å². The van der Waals surface area contributed by atoms with E-state index in [1.165, 1.54) is 4.88 Å². The van der Waals surface area contributed by atoms with Crippen molar-refractivity contribution >= 4 is 11.3 Å². The molecule has 0 radical (unpaired) electrons. The Morgan fingerprint density at radius 2 is 2.17 bits per heavy atom. The maximum Gasteiger partial charge on any atom is 0.0804 e. The van der Waals surface area contributed by atoms with Gasteiger partial charge in [-0.05, 0) is 51.1 Å². The van der Waals surface area contributed by atoms with Crippen molar-refractivity contribution in [2.45, 2.75) is 58.6 Å². The summed E-state index contributed by atoms with van der Waals surface area (Å²) in [5, 5.41) is 5.75. The molecule has 3 heteroatoms. The molecule has 0 aliphatic heterocycles. The molecule has 2 atom stereocenters. The molecule has 0 saturated heterocycles. The second kappa shape index (κ2) is 7.93. The van der Waals surface area contributed by atoms with E-state index >= 15 is 0 Å². The van der Waals surface area contributed by atoms with Crippen LogP contribution in [0.3, 0.4) is 0 Å². The highest BCUT2D eigenvalue weighted by Crippen LogP contribution is 2.24. The second-order valence-corrected chi connectivity index (χ2v) is 5.86. The number of aryl methyl sites for hydroxylation is 1. The molecule has 0 aromatic carbocycles. The van der Waals surface area contributed by atoms with Gasteiger partial charge in [-0.1, -0.05) is 19.9 Å². The molecule has 0 spiro atoms. The topological polar surface area (TPSA) is 21.3 Å². The fourth-order valence-electron chi connectivity index (χ4n) is 2.39. The smallest absolute Gasteiger partial charge is 0.0804 e. The monoisotopic (exact) mass is 269 g/mol. The number of thiophene rings is 1. The quantitative estimate of drug-likeness (QED) is 0.735. The van der Waals surface area contributed by atoms with Crippen LogP contribution in [0.1, 0.15) is 45.4 Å². The summed E-state index contributed by atoms with van der Waals surface area (Å²) in [4.78, 5) is 1.47. The molecule has 2 unspecified atom stereocenters. The van der Waals surface area contributed by atoms with Gasteiger partial charge >= 0.3 is 0 Å². The summed E-state index contributed by atoms with van der Waals surface area (Å²) in [6, 6.07) is 4.77. The maximum absolute atomic E-state index is 6.00. The van der Waals surface area contributed by atoms with E-state index in [0.717, 1.165) is 32.4 Å². The molecule has 2 nitrogen and oxygen atoms in total. The molecule has 104 valence electrons. The summed E-state index contributed by atoms with van der Waals surface area (Å²) in [5.74, 6) is 0. The number of nitrogens with one attached hydrogen (secondary N) is 1. The van der Waals surface area contributed by atoms with Gasteiger partial charge in [0.2, 0.25) is 0 Å². The first-order valence-corrected chi connectivity index (χ1v) is 7.94. The van der Waals surface area contributed by atoms with E-state index in [-0.39, 0.29) is 5.60 Å². The predicted molar refractivity (Wildman–Crippen MR) is 80.4 cm³/mol. The van der Waals surface area contributed by atoms with Crippen LogP contribution in [-0.4, -0.2) is 24.8 Å². The van der Waals surface area contributed by atoms with Gasteiger partial charge in [-0.15, -0.1) is 11.3 Å². The Morgan fingerprint density at radius 1 is 1.39 bits per heavy atom. The minimum atomic E-state index is -0.0536. The van der Waals surface area contributed by atoms with E-state index in [9.17, 15) is 0 Å². The Balaban J connectivity index is 2.62. The number of hydrogen-bond acceptors (Lipinski definition) is 3. The summed E-state index contributed by atoms with van der Waals surface area (Å²) in [5.41, 5.74) is -0.0536. The molecule has 18 heavy (non-hydrogen) atoms. The molecule has 0 saturated carbocycles. The van der Waals surface area contributed by atoms with E-state index in [1.54, 1.807) is 0 Å². The number of hydrogen-bond donors (Lipinski definition) is 1. The van der Waals surface area contributed by atoms with Crippen LogP contribution in [0.15, 0.2) is 17.5 Å². The fourth-order valence-corrected chi connectivity index (χ4v) is 3.11. The molecule has 0 aliphatic rings. The normalized spacial score (nSPS) is 16.4. The van der Waals surface area contributed by atoms with E-state index in [2.05, 4.69) is 50.5 Å². The molecule has 0 fully saturated rings. The summed E-state index contributed by atoms with van der Waals surface area (Å²) >= 11 is 1.85. The Kier molecular flexibility index (Phi) is 6.90. The third kappa shape index (κ3) is 4.38. The zero-order valence-corrected chi connectivity index (χ0v) is 13.0. The van der Waals surface area contributed by atoms with Crippen LogP contribution in [0.2, 0.25) is 0 Å². The van der Waals surface area contributed by atoms with Gasteiger partial charge in [-0.25, -0.2) is 0 Å². The van der Waals surface area contributed by atoms with Crippen molar-refractivity contribution in [2.24, 2.45) is 0 Å². The van der Waals surface area contributed by atoms with Crippen LogP contribution < -0.4 is 5.32 Å². The van der Waals surface area contributed by atoms with Crippen LogP contribution in [0.4, 0.5) is 0 Å². The first-order chi connectivity index (χ1) is 8.66. The van der Waals surface area contributed by atoms with Gasteiger partial charge in [0.05, 0.1) is 5.60 Å². The molecule has 1 heterocycles. The van der Waals surface area contributed by atoms with E-state index in [0.29, 0.717) is 6.04 Å². The largest absolute Gasteiger partial charge is 0.374 e. The summed E-state index contributed by atoms with van der Waals surface area (Å²) < 4.78 is 6.00.